The second-order valence-corrected chi connectivity index (χ2v) is 11.3. The molecule has 1 amide bonds. The Hall–Kier alpha value is -4.12. The number of phenolic OH excluding ortho intramolecular Hbond substituents is 1. The maximum absolute atomic E-state index is 13.5. The Labute approximate surface area is 241 Å². The van der Waals surface area contributed by atoms with Gasteiger partial charge in [-0.1, -0.05) is 67.9 Å². The van der Waals surface area contributed by atoms with Gasteiger partial charge in [0.25, 0.3) is 5.91 Å². The van der Waals surface area contributed by atoms with Crippen molar-refractivity contribution in [2.45, 2.75) is 32.1 Å². The van der Waals surface area contributed by atoms with Gasteiger partial charge < -0.3 is 15.3 Å². The fourth-order valence-corrected chi connectivity index (χ4v) is 5.67. The predicted octanol–water partition coefficient (Wildman–Crippen LogP) is 6.53. The van der Waals surface area contributed by atoms with Gasteiger partial charge in [-0.15, -0.1) is 5.11 Å². The molecule has 0 aliphatic heterocycles. The van der Waals surface area contributed by atoms with Crippen molar-refractivity contribution in [3.8, 4) is 5.75 Å². The maximum Gasteiger partial charge on any atom is 0.259 e. The first-order valence-corrected chi connectivity index (χ1v) is 15.1. The fraction of sp³-hybridized carbons (Fsp3) is 0.258. The van der Waals surface area contributed by atoms with E-state index in [0.717, 1.165) is 25.2 Å². The van der Waals surface area contributed by atoms with Crippen LogP contribution in [-0.2, 0) is 10.0 Å². The number of benzene rings is 4. The van der Waals surface area contributed by atoms with Gasteiger partial charge in [-0.25, -0.2) is 13.1 Å². The van der Waals surface area contributed by atoms with Crippen LogP contribution in [0.3, 0.4) is 0 Å². The number of aromatic hydroxyl groups is 1. The van der Waals surface area contributed by atoms with Gasteiger partial charge in [-0.3, -0.25) is 4.79 Å². The Kier molecular flexibility index (Phi) is 9.82. The minimum absolute atomic E-state index is 0.0547. The number of phenols is 1. The molecule has 41 heavy (non-hydrogen) atoms. The number of carbonyl (C=O) groups excluding carboxylic acids is 1. The SMILES string of the molecule is CCN(CC)CCCNS(=O)(=O)c1ccccc1NC(=O)c1cc2ccccc2c(N=Nc2ccc(C)cc2)c1O. The second-order valence-electron chi connectivity index (χ2n) is 9.61. The Morgan fingerprint density at radius 2 is 1.61 bits per heavy atom. The highest BCUT2D eigenvalue weighted by molar-refractivity contribution is 7.89. The van der Waals surface area contributed by atoms with Crippen LogP contribution < -0.4 is 10.0 Å². The number of hydrogen-bond donors (Lipinski definition) is 3. The van der Waals surface area contributed by atoms with E-state index in [1.54, 1.807) is 30.3 Å². The highest BCUT2D eigenvalue weighted by Gasteiger charge is 2.23. The number of fused-ring (bicyclic) bond motifs is 1. The number of para-hydroxylation sites is 1. The van der Waals surface area contributed by atoms with E-state index in [0.29, 0.717) is 22.9 Å². The highest BCUT2D eigenvalue weighted by Crippen LogP contribution is 2.39. The van der Waals surface area contributed by atoms with Crippen molar-refractivity contribution >= 4 is 43.8 Å². The zero-order chi connectivity index (χ0) is 29.4. The number of rotatable bonds is 12. The quantitative estimate of drug-likeness (QED) is 0.131. The fourth-order valence-electron chi connectivity index (χ4n) is 4.43. The molecule has 0 heterocycles. The average Bonchev–Trinajstić information content (AvgIpc) is 2.97. The van der Waals surface area contributed by atoms with Crippen molar-refractivity contribution in [1.29, 1.82) is 0 Å². The Morgan fingerprint density at radius 3 is 2.34 bits per heavy atom. The van der Waals surface area contributed by atoms with Crippen molar-refractivity contribution in [1.82, 2.24) is 9.62 Å². The van der Waals surface area contributed by atoms with Gasteiger partial charge in [0.1, 0.15) is 10.6 Å². The minimum atomic E-state index is -3.90. The monoisotopic (exact) mass is 573 g/mol. The summed E-state index contributed by atoms with van der Waals surface area (Å²) in [6.45, 7) is 8.94. The molecule has 0 saturated carbocycles. The van der Waals surface area contributed by atoms with E-state index in [1.807, 2.05) is 43.3 Å². The standard InChI is InChI=1S/C31H35N5O4S/c1-4-36(5-2)20-10-19-32-41(39,40)28-14-9-8-13-27(28)33-31(38)26-21-23-11-6-7-12-25(23)29(30(26)37)35-34-24-17-15-22(3)16-18-24/h6-9,11-18,21,32,37H,4-5,10,19-20H2,1-3H3,(H,33,38). The van der Waals surface area contributed by atoms with Crippen LogP contribution in [0, 0.1) is 6.92 Å². The van der Waals surface area contributed by atoms with Gasteiger partial charge in [0, 0.05) is 11.9 Å². The van der Waals surface area contributed by atoms with Gasteiger partial charge in [0.05, 0.1) is 16.9 Å². The molecule has 0 atom stereocenters. The largest absolute Gasteiger partial charge is 0.505 e. The lowest BCUT2D eigenvalue weighted by atomic mass is 10.0. The van der Waals surface area contributed by atoms with Crippen molar-refractivity contribution in [2.24, 2.45) is 10.2 Å². The summed E-state index contributed by atoms with van der Waals surface area (Å²) >= 11 is 0. The smallest absolute Gasteiger partial charge is 0.259 e. The van der Waals surface area contributed by atoms with Crippen LogP contribution in [0.4, 0.5) is 17.1 Å². The molecule has 0 saturated heterocycles. The van der Waals surface area contributed by atoms with Crippen molar-refractivity contribution < 1.29 is 18.3 Å². The molecule has 3 N–H and O–H groups in total. The summed E-state index contributed by atoms with van der Waals surface area (Å²) in [4.78, 5) is 15.6. The zero-order valence-electron chi connectivity index (χ0n) is 23.5. The van der Waals surface area contributed by atoms with Gasteiger partial charge in [0.2, 0.25) is 10.0 Å². The molecule has 0 unspecified atom stereocenters. The van der Waals surface area contributed by atoms with Gasteiger partial charge >= 0.3 is 0 Å². The van der Waals surface area contributed by atoms with Crippen LogP contribution in [0.2, 0.25) is 0 Å². The molecule has 4 aromatic carbocycles. The molecule has 4 rings (SSSR count). The Balaban J connectivity index is 1.61. The highest BCUT2D eigenvalue weighted by atomic mass is 32.2. The van der Waals surface area contributed by atoms with Crippen LogP contribution in [0.1, 0.15) is 36.2 Å². The van der Waals surface area contributed by atoms with E-state index in [-0.39, 0.29) is 34.1 Å². The van der Waals surface area contributed by atoms with E-state index in [4.69, 9.17) is 0 Å². The van der Waals surface area contributed by atoms with Gasteiger partial charge in [-0.2, -0.15) is 5.11 Å². The number of nitrogens with one attached hydrogen (secondary N) is 2. The molecule has 0 aromatic heterocycles. The lowest BCUT2D eigenvalue weighted by Crippen LogP contribution is -2.30. The zero-order valence-corrected chi connectivity index (χ0v) is 24.3. The Morgan fingerprint density at radius 1 is 0.927 bits per heavy atom. The third-order valence-electron chi connectivity index (χ3n) is 6.80. The van der Waals surface area contributed by atoms with E-state index >= 15 is 0 Å². The normalized spacial score (nSPS) is 11.9. The van der Waals surface area contributed by atoms with E-state index < -0.39 is 15.9 Å². The van der Waals surface area contributed by atoms with E-state index in [1.165, 1.54) is 12.1 Å². The third-order valence-corrected chi connectivity index (χ3v) is 8.32. The topological polar surface area (TPSA) is 123 Å². The minimum Gasteiger partial charge on any atom is -0.505 e. The molecule has 0 fully saturated rings. The summed E-state index contributed by atoms with van der Waals surface area (Å²) in [7, 11) is -3.90. The number of anilines is 1. The first kappa shape index (κ1) is 29.9. The number of amides is 1. The second kappa shape index (κ2) is 13.5. The number of hydrogen-bond acceptors (Lipinski definition) is 7. The summed E-state index contributed by atoms with van der Waals surface area (Å²) in [5.41, 5.74) is 1.86. The average molecular weight is 574 g/mol. The molecule has 214 valence electrons. The summed E-state index contributed by atoms with van der Waals surface area (Å²) in [6.07, 6.45) is 0.653. The molecular weight excluding hydrogens is 538 g/mol. The summed E-state index contributed by atoms with van der Waals surface area (Å²) < 4.78 is 28.9. The molecular formula is C31H35N5O4S. The molecule has 0 spiro atoms. The lowest BCUT2D eigenvalue weighted by molar-refractivity contribution is 0.102. The maximum atomic E-state index is 13.5. The molecule has 10 heteroatoms. The first-order valence-electron chi connectivity index (χ1n) is 13.6. The molecule has 0 bridgehead atoms. The molecule has 4 aromatic rings. The number of azo groups is 1. The van der Waals surface area contributed by atoms with Crippen LogP contribution in [0.25, 0.3) is 10.8 Å². The van der Waals surface area contributed by atoms with Crippen molar-refractivity contribution in [3.05, 3.63) is 90.0 Å². The molecule has 9 nitrogen and oxygen atoms in total. The van der Waals surface area contributed by atoms with Crippen LogP contribution in [0.5, 0.6) is 5.75 Å². The van der Waals surface area contributed by atoms with Crippen molar-refractivity contribution in [3.63, 3.8) is 0 Å². The summed E-state index contributed by atoms with van der Waals surface area (Å²) in [5, 5.41) is 23.7. The van der Waals surface area contributed by atoms with Crippen molar-refractivity contribution in [2.75, 3.05) is 31.5 Å². The predicted molar refractivity (Wildman–Crippen MR) is 163 cm³/mol. The number of aryl methyl sites for hydroxylation is 1. The number of carbonyl (C=O) groups is 1. The van der Waals surface area contributed by atoms with E-state index in [2.05, 4.69) is 39.0 Å². The van der Waals surface area contributed by atoms with Crippen LogP contribution in [-0.4, -0.2) is 50.5 Å². The third kappa shape index (κ3) is 7.35. The Bertz CT molecular complexity index is 1650. The van der Waals surface area contributed by atoms with Crippen LogP contribution in [0.15, 0.2) is 94.0 Å². The number of nitrogens with zero attached hydrogens (tertiary/aromatic N) is 3. The molecule has 0 aliphatic carbocycles. The van der Waals surface area contributed by atoms with Gasteiger partial charge in [-0.05, 0) is 68.7 Å². The molecule has 0 radical (unpaired) electrons. The summed E-state index contributed by atoms with van der Waals surface area (Å²) in [6, 6.07) is 22.4. The first-order chi connectivity index (χ1) is 19.7. The summed E-state index contributed by atoms with van der Waals surface area (Å²) in [5.74, 6) is -1.03. The number of sulfonamides is 1. The van der Waals surface area contributed by atoms with Gasteiger partial charge in [0.15, 0.2) is 5.75 Å². The van der Waals surface area contributed by atoms with E-state index in [9.17, 15) is 18.3 Å². The van der Waals surface area contributed by atoms with Crippen LogP contribution >= 0.6 is 0 Å². The molecule has 0 aliphatic rings. The lowest BCUT2D eigenvalue weighted by Gasteiger charge is -2.18.